The first kappa shape index (κ1) is 18.8. The van der Waals surface area contributed by atoms with Gasteiger partial charge in [-0.1, -0.05) is 44.7 Å². The largest absolute Gasteiger partial charge is 0.494 e. The number of unbranched alkanes of at least 4 members (excludes halogenated alkanes) is 4. The Morgan fingerprint density at radius 2 is 1.71 bits per heavy atom. The summed E-state index contributed by atoms with van der Waals surface area (Å²) >= 11 is 2.17. The van der Waals surface area contributed by atoms with Gasteiger partial charge in [0.25, 0.3) is 5.91 Å². The molecule has 24 heavy (non-hydrogen) atoms. The van der Waals surface area contributed by atoms with Crippen LogP contribution in [0, 0.1) is 3.57 Å². The molecule has 0 radical (unpaired) electrons. The van der Waals surface area contributed by atoms with Crippen LogP contribution in [-0.4, -0.2) is 12.5 Å². The van der Waals surface area contributed by atoms with Crippen LogP contribution in [0.1, 0.15) is 49.4 Å². The number of ether oxygens (including phenoxy) is 1. The van der Waals surface area contributed by atoms with Crippen molar-refractivity contribution in [2.24, 2.45) is 0 Å². The topological polar surface area (TPSA) is 38.3 Å². The van der Waals surface area contributed by atoms with Crippen LogP contribution in [0.25, 0.3) is 0 Å². The predicted octanol–water partition coefficient (Wildman–Crippen LogP) is 5.89. The molecule has 0 aliphatic carbocycles. The van der Waals surface area contributed by atoms with Gasteiger partial charge in [-0.05, 0) is 65.4 Å². The Bertz CT molecular complexity index is 640. The van der Waals surface area contributed by atoms with Crippen molar-refractivity contribution in [1.29, 1.82) is 0 Å². The molecule has 0 fully saturated rings. The Hall–Kier alpha value is -1.56. The fraction of sp³-hybridized carbons (Fsp3) is 0.350. The molecule has 2 rings (SSSR count). The zero-order valence-electron chi connectivity index (χ0n) is 14.1. The third kappa shape index (κ3) is 6.15. The van der Waals surface area contributed by atoms with E-state index < -0.39 is 0 Å². The van der Waals surface area contributed by atoms with Gasteiger partial charge in [-0.15, -0.1) is 0 Å². The average molecular weight is 437 g/mol. The van der Waals surface area contributed by atoms with E-state index in [4.69, 9.17) is 4.74 Å². The van der Waals surface area contributed by atoms with Gasteiger partial charge in [-0.3, -0.25) is 4.79 Å². The minimum Gasteiger partial charge on any atom is -0.494 e. The summed E-state index contributed by atoms with van der Waals surface area (Å²) in [6, 6.07) is 15.1. The maximum Gasteiger partial charge on any atom is 0.256 e. The van der Waals surface area contributed by atoms with Crippen molar-refractivity contribution in [3.05, 3.63) is 57.7 Å². The van der Waals surface area contributed by atoms with E-state index in [1.165, 1.54) is 25.7 Å². The summed E-state index contributed by atoms with van der Waals surface area (Å²) in [7, 11) is 0. The molecule has 2 aromatic carbocycles. The summed E-state index contributed by atoms with van der Waals surface area (Å²) in [6.45, 7) is 2.97. The number of hydrogen-bond donors (Lipinski definition) is 1. The molecule has 0 saturated carbocycles. The van der Waals surface area contributed by atoms with Crippen LogP contribution in [0.3, 0.4) is 0 Å². The molecule has 0 heterocycles. The van der Waals surface area contributed by atoms with Crippen molar-refractivity contribution in [2.45, 2.75) is 39.0 Å². The molecule has 0 aromatic heterocycles. The minimum atomic E-state index is -0.0930. The van der Waals surface area contributed by atoms with Gasteiger partial charge in [0.2, 0.25) is 0 Å². The lowest BCUT2D eigenvalue weighted by atomic mass is 10.2. The molecule has 0 spiro atoms. The van der Waals surface area contributed by atoms with Crippen LogP contribution in [0.4, 0.5) is 5.69 Å². The van der Waals surface area contributed by atoms with E-state index in [0.29, 0.717) is 5.56 Å². The average Bonchev–Trinajstić information content (AvgIpc) is 2.59. The van der Waals surface area contributed by atoms with Crippen molar-refractivity contribution < 1.29 is 9.53 Å². The molecule has 128 valence electrons. The van der Waals surface area contributed by atoms with Crippen LogP contribution in [0.15, 0.2) is 48.5 Å². The number of carbonyl (C=O) groups is 1. The number of nitrogens with one attached hydrogen (secondary N) is 1. The highest BCUT2D eigenvalue weighted by molar-refractivity contribution is 14.1. The molecule has 0 atom stereocenters. The van der Waals surface area contributed by atoms with Gasteiger partial charge < -0.3 is 10.1 Å². The van der Waals surface area contributed by atoms with Gasteiger partial charge in [0.1, 0.15) is 5.75 Å². The molecule has 0 aliphatic rings. The minimum absolute atomic E-state index is 0.0930. The molecule has 0 bridgehead atoms. The molecule has 0 saturated heterocycles. The van der Waals surface area contributed by atoms with Crippen LogP contribution in [0.2, 0.25) is 0 Å². The summed E-state index contributed by atoms with van der Waals surface area (Å²) in [6.07, 6.45) is 6.15. The second-order valence-electron chi connectivity index (χ2n) is 5.72. The summed E-state index contributed by atoms with van der Waals surface area (Å²) in [5, 5.41) is 2.92. The third-order valence-electron chi connectivity index (χ3n) is 3.75. The number of amides is 1. The van der Waals surface area contributed by atoms with Crippen molar-refractivity contribution in [1.82, 2.24) is 0 Å². The summed E-state index contributed by atoms with van der Waals surface area (Å²) < 4.78 is 6.68. The molecule has 1 N–H and O–H groups in total. The molecule has 0 unspecified atom stereocenters. The Kier molecular flexibility index (Phi) is 8.08. The van der Waals surface area contributed by atoms with Gasteiger partial charge in [0.15, 0.2) is 0 Å². The maximum absolute atomic E-state index is 12.3. The van der Waals surface area contributed by atoms with E-state index in [9.17, 15) is 4.79 Å². The van der Waals surface area contributed by atoms with E-state index in [1.807, 2.05) is 48.5 Å². The normalized spacial score (nSPS) is 10.4. The monoisotopic (exact) mass is 437 g/mol. The number of anilines is 1. The Balaban J connectivity index is 1.79. The SMILES string of the molecule is CCCCCCCOc1ccc(NC(=O)c2ccccc2I)cc1. The van der Waals surface area contributed by atoms with Gasteiger partial charge >= 0.3 is 0 Å². The van der Waals surface area contributed by atoms with Crippen molar-refractivity contribution in [3.63, 3.8) is 0 Å². The van der Waals surface area contributed by atoms with E-state index in [1.54, 1.807) is 0 Å². The van der Waals surface area contributed by atoms with Crippen molar-refractivity contribution in [2.75, 3.05) is 11.9 Å². The van der Waals surface area contributed by atoms with E-state index >= 15 is 0 Å². The Morgan fingerprint density at radius 1 is 1.00 bits per heavy atom. The number of carbonyl (C=O) groups excluding carboxylic acids is 1. The van der Waals surface area contributed by atoms with E-state index in [2.05, 4.69) is 34.8 Å². The second kappa shape index (κ2) is 10.3. The first-order valence-electron chi connectivity index (χ1n) is 8.49. The molecule has 2 aromatic rings. The van der Waals surface area contributed by atoms with Crippen LogP contribution in [-0.2, 0) is 0 Å². The number of benzene rings is 2. The van der Waals surface area contributed by atoms with Crippen LogP contribution in [0.5, 0.6) is 5.75 Å². The van der Waals surface area contributed by atoms with Gasteiger partial charge in [0.05, 0.1) is 12.2 Å². The van der Waals surface area contributed by atoms with Crippen LogP contribution >= 0.6 is 22.6 Å². The molecular formula is C20H24INO2. The first-order chi connectivity index (χ1) is 11.7. The highest BCUT2D eigenvalue weighted by Crippen LogP contribution is 2.18. The Labute approximate surface area is 157 Å². The molecule has 1 amide bonds. The van der Waals surface area contributed by atoms with E-state index in [0.717, 1.165) is 28.0 Å². The summed E-state index contributed by atoms with van der Waals surface area (Å²) in [4.78, 5) is 12.3. The highest BCUT2D eigenvalue weighted by Gasteiger charge is 2.09. The highest BCUT2D eigenvalue weighted by atomic mass is 127. The Morgan fingerprint density at radius 3 is 2.42 bits per heavy atom. The molecule has 4 heteroatoms. The maximum atomic E-state index is 12.3. The lowest BCUT2D eigenvalue weighted by Gasteiger charge is -2.09. The lowest BCUT2D eigenvalue weighted by Crippen LogP contribution is -2.13. The van der Waals surface area contributed by atoms with Crippen LogP contribution < -0.4 is 10.1 Å². The molecule has 0 aliphatic heterocycles. The quantitative estimate of drug-likeness (QED) is 0.392. The molecular weight excluding hydrogens is 413 g/mol. The summed E-state index contributed by atoms with van der Waals surface area (Å²) in [5.41, 5.74) is 1.46. The van der Waals surface area contributed by atoms with Gasteiger partial charge in [0, 0.05) is 9.26 Å². The smallest absolute Gasteiger partial charge is 0.256 e. The van der Waals surface area contributed by atoms with Gasteiger partial charge in [-0.25, -0.2) is 0 Å². The number of hydrogen-bond acceptors (Lipinski definition) is 2. The molecule has 3 nitrogen and oxygen atoms in total. The predicted molar refractivity (Wildman–Crippen MR) is 108 cm³/mol. The standard InChI is InChI=1S/C20H24INO2/c1-2-3-4-5-8-15-24-17-13-11-16(12-14-17)22-20(23)18-9-6-7-10-19(18)21/h6-7,9-14H,2-5,8,15H2,1H3,(H,22,23). The fourth-order valence-electron chi connectivity index (χ4n) is 2.37. The van der Waals surface area contributed by atoms with Gasteiger partial charge in [-0.2, -0.15) is 0 Å². The number of rotatable bonds is 9. The lowest BCUT2D eigenvalue weighted by molar-refractivity contribution is 0.102. The zero-order valence-corrected chi connectivity index (χ0v) is 16.2. The second-order valence-corrected chi connectivity index (χ2v) is 6.88. The zero-order chi connectivity index (χ0) is 17.2. The first-order valence-corrected chi connectivity index (χ1v) is 9.57. The van der Waals surface area contributed by atoms with Crippen molar-refractivity contribution in [3.8, 4) is 5.75 Å². The number of halogens is 1. The summed E-state index contributed by atoms with van der Waals surface area (Å²) in [5.74, 6) is 0.752. The third-order valence-corrected chi connectivity index (χ3v) is 4.69. The fourth-order valence-corrected chi connectivity index (χ4v) is 3.01. The van der Waals surface area contributed by atoms with E-state index in [-0.39, 0.29) is 5.91 Å². The van der Waals surface area contributed by atoms with Crippen molar-refractivity contribution >= 4 is 34.2 Å².